The summed E-state index contributed by atoms with van der Waals surface area (Å²) in [6.07, 6.45) is 1.98. The molecule has 5 heteroatoms. The van der Waals surface area contributed by atoms with Gasteiger partial charge in [-0.2, -0.15) is 0 Å². The molecular formula is C13H19FN2O2. The summed E-state index contributed by atoms with van der Waals surface area (Å²) in [5, 5.41) is 12.4. The number of rotatable bonds is 5. The van der Waals surface area contributed by atoms with E-state index >= 15 is 0 Å². The van der Waals surface area contributed by atoms with Crippen molar-refractivity contribution in [1.82, 2.24) is 0 Å². The van der Waals surface area contributed by atoms with Crippen molar-refractivity contribution in [3.05, 3.63) is 17.9 Å². The van der Waals surface area contributed by atoms with Crippen molar-refractivity contribution < 1.29 is 14.2 Å². The Labute approximate surface area is 106 Å². The van der Waals surface area contributed by atoms with Crippen LogP contribution in [-0.2, 0) is 0 Å². The van der Waals surface area contributed by atoms with E-state index in [0.717, 1.165) is 6.42 Å². The van der Waals surface area contributed by atoms with E-state index in [1.807, 2.05) is 6.92 Å². The van der Waals surface area contributed by atoms with Crippen LogP contribution in [0.2, 0.25) is 0 Å². The van der Waals surface area contributed by atoms with Crippen LogP contribution in [0.15, 0.2) is 12.1 Å². The number of hydrogen-bond donors (Lipinski definition) is 3. The number of aliphatic hydroxyl groups excluding tert-OH is 1. The van der Waals surface area contributed by atoms with Crippen LogP contribution in [0.25, 0.3) is 0 Å². The molecule has 1 aliphatic carbocycles. The molecule has 0 atom stereocenters. The van der Waals surface area contributed by atoms with E-state index in [-0.39, 0.29) is 17.9 Å². The van der Waals surface area contributed by atoms with E-state index < -0.39 is 5.82 Å². The number of nitrogens with one attached hydrogen (secondary N) is 1. The second-order valence-corrected chi connectivity index (χ2v) is 4.68. The van der Waals surface area contributed by atoms with Crippen LogP contribution in [0.4, 0.5) is 15.8 Å². The Morgan fingerprint density at radius 3 is 2.83 bits per heavy atom. The van der Waals surface area contributed by atoms with Gasteiger partial charge >= 0.3 is 0 Å². The Hall–Kier alpha value is -1.49. The van der Waals surface area contributed by atoms with Gasteiger partial charge in [0.15, 0.2) is 11.6 Å². The highest BCUT2D eigenvalue weighted by atomic mass is 19.1. The minimum atomic E-state index is -0.444. The molecule has 0 aromatic heterocycles. The molecule has 1 aromatic rings. The van der Waals surface area contributed by atoms with Gasteiger partial charge < -0.3 is 20.9 Å². The Morgan fingerprint density at radius 2 is 2.22 bits per heavy atom. The molecule has 0 amide bonds. The fourth-order valence-corrected chi connectivity index (χ4v) is 1.94. The predicted molar refractivity (Wildman–Crippen MR) is 69.2 cm³/mol. The van der Waals surface area contributed by atoms with Crippen molar-refractivity contribution in [3.8, 4) is 5.75 Å². The van der Waals surface area contributed by atoms with Gasteiger partial charge in [-0.3, -0.25) is 0 Å². The molecule has 100 valence electrons. The van der Waals surface area contributed by atoms with Gasteiger partial charge in [-0.15, -0.1) is 0 Å². The normalized spacial score (nSPS) is 22.4. The van der Waals surface area contributed by atoms with Crippen molar-refractivity contribution in [1.29, 1.82) is 0 Å². The lowest BCUT2D eigenvalue weighted by molar-refractivity contribution is 0.0837. The molecule has 0 bridgehead atoms. The third-order valence-electron chi connectivity index (χ3n) is 3.04. The maximum Gasteiger partial charge on any atom is 0.167 e. The summed E-state index contributed by atoms with van der Waals surface area (Å²) in [5.74, 6) is -0.228. The van der Waals surface area contributed by atoms with Crippen LogP contribution in [0.1, 0.15) is 26.2 Å². The number of nitrogen functional groups attached to an aromatic ring is 1. The molecular weight excluding hydrogens is 235 g/mol. The van der Waals surface area contributed by atoms with Gasteiger partial charge in [0.25, 0.3) is 0 Å². The fourth-order valence-electron chi connectivity index (χ4n) is 1.94. The molecule has 0 heterocycles. The molecule has 4 N–H and O–H groups in total. The molecule has 0 unspecified atom stereocenters. The summed E-state index contributed by atoms with van der Waals surface area (Å²) >= 11 is 0. The van der Waals surface area contributed by atoms with Crippen LogP contribution >= 0.6 is 0 Å². The summed E-state index contributed by atoms with van der Waals surface area (Å²) in [5.41, 5.74) is 6.79. The van der Waals surface area contributed by atoms with Gasteiger partial charge in [0.1, 0.15) is 0 Å². The molecule has 18 heavy (non-hydrogen) atoms. The zero-order valence-electron chi connectivity index (χ0n) is 10.4. The van der Waals surface area contributed by atoms with Crippen molar-refractivity contribution in [3.63, 3.8) is 0 Å². The molecule has 0 radical (unpaired) electrons. The van der Waals surface area contributed by atoms with Crippen LogP contribution in [0.3, 0.4) is 0 Å². The van der Waals surface area contributed by atoms with E-state index in [1.54, 1.807) is 6.07 Å². The predicted octanol–water partition coefficient (Wildman–Crippen LogP) is 2.13. The first-order chi connectivity index (χ1) is 8.60. The third-order valence-corrected chi connectivity index (χ3v) is 3.04. The smallest absolute Gasteiger partial charge is 0.167 e. The minimum absolute atomic E-state index is 0.201. The lowest BCUT2D eigenvalue weighted by Gasteiger charge is -2.33. The number of aliphatic hydroxyl groups is 1. The van der Waals surface area contributed by atoms with Gasteiger partial charge in [0.2, 0.25) is 0 Å². The van der Waals surface area contributed by atoms with Crippen molar-refractivity contribution in [2.24, 2.45) is 0 Å². The molecule has 0 saturated heterocycles. The average molecular weight is 254 g/mol. The highest BCUT2D eigenvalue weighted by Gasteiger charge is 2.27. The highest BCUT2D eigenvalue weighted by Crippen LogP contribution is 2.32. The van der Waals surface area contributed by atoms with Gasteiger partial charge in [-0.1, -0.05) is 6.92 Å². The number of nitrogens with two attached hydrogens (primary N) is 1. The summed E-state index contributed by atoms with van der Waals surface area (Å²) in [7, 11) is 0. The second-order valence-electron chi connectivity index (χ2n) is 4.68. The third kappa shape index (κ3) is 2.85. The molecule has 1 fully saturated rings. The molecule has 2 rings (SSSR count). The topological polar surface area (TPSA) is 67.5 Å². The molecule has 1 saturated carbocycles. The largest absolute Gasteiger partial charge is 0.490 e. The summed E-state index contributed by atoms with van der Waals surface area (Å²) in [6.45, 7) is 2.44. The number of anilines is 2. The maximum absolute atomic E-state index is 13.6. The number of ether oxygens (including phenoxy) is 1. The van der Waals surface area contributed by atoms with E-state index in [1.165, 1.54) is 6.07 Å². The van der Waals surface area contributed by atoms with Crippen LogP contribution < -0.4 is 15.8 Å². The lowest BCUT2D eigenvalue weighted by Crippen LogP contribution is -2.39. The zero-order valence-corrected chi connectivity index (χ0v) is 10.4. The first-order valence-electron chi connectivity index (χ1n) is 6.26. The number of benzene rings is 1. The lowest BCUT2D eigenvalue weighted by atomic mass is 9.89. The van der Waals surface area contributed by atoms with Crippen molar-refractivity contribution in [2.75, 3.05) is 17.7 Å². The SMILES string of the molecule is CCCOc1cc(NC2CC(O)C2)c(N)cc1F. The Kier molecular flexibility index (Phi) is 3.91. The monoisotopic (exact) mass is 254 g/mol. The van der Waals surface area contributed by atoms with Gasteiger partial charge in [0, 0.05) is 18.2 Å². The van der Waals surface area contributed by atoms with Gasteiger partial charge in [-0.25, -0.2) is 4.39 Å². The summed E-state index contributed by atoms with van der Waals surface area (Å²) in [4.78, 5) is 0. The van der Waals surface area contributed by atoms with E-state index in [9.17, 15) is 9.50 Å². The van der Waals surface area contributed by atoms with Crippen LogP contribution in [-0.4, -0.2) is 23.9 Å². The number of hydrogen-bond acceptors (Lipinski definition) is 4. The Balaban J connectivity index is 2.08. The molecule has 1 aromatic carbocycles. The van der Waals surface area contributed by atoms with E-state index in [2.05, 4.69) is 5.32 Å². The van der Waals surface area contributed by atoms with Crippen molar-refractivity contribution >= 4 is 11.4 Å². The van der Waals surface area contributed by atoms with E-state index in [4.69, 9.17) is 10.5 Å². The van der Waals surface area contributed by atoms with E-state index in [0.29, 0.717) is 30.8 Å². The minimum Gasteiger partial charge on any atom is -0.490 e. The van der Waals surface area contributed by atoms with Gasteiger partial charge in [-0.05, 0) is 19.3 Å². The molecule has 4 nitrogen and oxygen atoms in total. The Morgan fingerprint density at radius 1 is 1.50 bits per heavy atom. The summed E-state index contributed by atoms with van der Waals surface area (Å²) in [6, 6.07) is 3.06. The summed E-state index contributed by atoms with van der Waals surface area (Å²) < 4.78 is 18.9. The van der Waals surface area contributed by atoms with Gasteiger partial charge in [0.05, 0.1) is 24.1 Å². The standard InChI is InChI=1S/C13H19FN2O2/c1-2-3-18-13-7-12(11(15)6-10(13)14)16-8-4-9(17)5-8/h6-9,16-17H,2-5,15H2,1H3. The second kappa shape index (κ2) is 5.44. The fraction of sp³-hybridized carbons (Fsp3) is 0.538. The Bertz CT molecular complexity index is 420. The highest BCUT2D eigenvalue weighted by molar-refractivity contribution is 5.69. The number of halogens is 1. The molecule has 0 spiro atoms. The molecule has 1 aliphatic rings. The molecule has 0 aliphatic heterocycles. The first-order valence-corrected chi connectivity index (χ1v) is 6.26. The first kappa shape index (κ1) is 13.0. The zero-order chi connectivity index (χ0) is 13.1. The average Bonchev–Trinajstić information content (AvgIpc) is 2.28. The van der Waals surface area contributed by atoms with Crippen molar-refractivity contribution in [2.45, 2.75) is 38.3 Å². The maximum atomic E-state index is 13.6. The van der Waals surface area contributed by atoms with Crippen LogP contribution in [0, 0.1) is 5.82 Å². The quantitative estimate of drug-likeness (QED) is 0.704. The van der Waals surface area contributed by atoms with Crippen LogP contribution in [0.5, 0.6) is 5.75 Å².